The molecule has 2 aliphatic carbocycles. The van der Waals surface area contributed by atoms with Gasteiger partial charge in [-0.15, -0.1) is 0 Å². The van der Waals surface area contributed by atoms with Crippen molar-refractivity contribution in [1.82, 2.24) is 15.1 Å². The van der Waals surface area contributed by atoms with E-state index in [9.17, 15) is 9.59 Å². The SMILES string of the molecule is COC(=O)[C@@H]1[C@H]2CC[C@@H](C2)[C@H]1NC(=O)CCc1c(C)nn(C)c1C. The van der Waals surface area contributed by atoms with Crippen molar-refractivity contribution in [2.24, 2.45) is 24.8 Å². The molecular formula is C18H27N3O3. The van der Waals surface area contributed by atoms with Crippen molar-refractivity contribution in [3.05, 3.63) is 17.0 Å². The van der Waals surface area contributed by atoms with Crippen LogP contribution in [0.1, 0.15) is 42.6 Å². The molecule has 24 heavy (non-hydrogen) atoms. The van der Waals surface area contributed by atoms with Gasteiger partial charge in [0.05, 0.1) is 18.7 Å². The lowest BCUT2D eigenvalue weighted by Crippen LogP contribution is -2.47. The van der Waals surface area contributed by atoms with E-state index in [4.69, 9.17) is 4.74 Å². The molecule has 6 heteroatoms. The largest absolute Gasteiger partial charge is 0.469 e. The van der Waals surface area contributed by atoms with Gasteiger partial charge in [-0.05, 0) is 56.9 Å². The number of esters is 1. The molecule has 1 heterocycles. The van der Waals surface area contributed by atoms with Crippen molar-refractivity contribution in [1.29, 1.82) is 0 Å². The first-order chi connectivity index (χ1) is 11.4. The number of aryl methyl sites for hydroxylation is 2. The lowest BCUT2D eigenvalue weighted by Gasteiger charge is -2.29. The summed E-state index contributed by atoms with van der Waals surface area (Å²) in [5.74, 6) is 0.468. The molecule has 132 valence electrons. The van der Waals surface area contributed by atoms with Crippen LogP contribution in [0.15, 0.2) is 0 Å². The average molecular weight is 333 g/mol. The minimum atomic E-state index is -0.175. The fourth-order valence-electron chi connectivity index (χ4n) is 4.65. The second-order valence-corrected chi connectivity index (χ2v) is 7.25. The molecule has 2 bridgehead atoms. The first kappa shape index (κ1) is 17.0. The van der Waals surface area contributed by atoms with E-state index in [-0.39, 0.29) is 23.8 Å². The number of amides is 1. The summed E-state index contributed by atoms with van der Waals surface area (Å²) in [6.45, 7) is 4.00. The Morgan fingerprint density at radius 1 is 1.29 bits per heavy atom. The summed E-state index contributed by atoms with van der Waals surface area (Å²) in [4.78, 5) is 24.5. The molecule has 1 aromatic rings. The van der Waals surface area contributed by atoms with Crippen LogP contribution in [0.4, 0.5) is 0 Å². The smallest absolute Gasteiger partial charge is 0.311 e. The van der Waals surface area contributed by atoms with Crippen LogP contribution in [-0.2, 0) is 27.8 Å². The molecular weight excluding hydrogens is 306 g/mol. The molecule has 1 aromatic heterocycles. The predicted octanol–water partition coefficient (Wildman–Crippen LogP) is 1.67. The van der Waals surface area contributed by atoms with E-state index in [0.717, 1.165) is 36.2 Å². The lowest BCUT2D eigenvalue weighted by molar-refractivity contribution is -0.148. The number of carbonyl (C=O) groups is 2. The van der Waals surface area contributed by atoms with E-state index in [2.05, 4.69) is 10.4 Å². The fraction of sp³-hybridized carbons (Fsp3) is 0.722. The summed E-state index contributed by atoms with van der Waals surface area (Å²) >= 11 is 0. The third kappa shape index (κ3) is 2.94. The standard InChI is InChI=1S/C18H27N3O3/c1-10-14(11(2)21(3)20-10)7-8-15(22)19-17-13-6-5-12(9-13)16(17)18(23)24-4/h12-13,16-17H,5-9H2,1-4H3,(H,19,22)/t12-,13-,16+,17+/m0/s1. The molecule has 1 N–H and O–H groups in total. The van der Waals surface area contributed by atoms with E-state index in [0.29, 0.717) is 24.7 Å². The predicted molar refractivity (Wildman–Crippen MR) is 89.3 cm³/mol. The van der Waals surface area contributed by atoms with Gasteiger partial charge in [-0.25, -0.2) is 0 Å². The molecule has 2 fully saturated rings. The average Bonchev–Trinajstić information content (AvgIpc) is 3.20. The van der Waals surface area contributed by atoms with Crippen LogP contribution in [0, 0.1) is 31.6 Å². The first-order valence-electron chi connectivity index (χ1n) is 8.78. The van der Waals surface area contributed by atoms with Gasteiger partial charge in [0, 0.05) is 25.2 Å². The summed E-state index contributed by atoms with van der Waals surface area (Å²) in [5, 5.41) is 7.52. The van der Waals surface area contributed by atoms with Crippen molar-refractivity contribution in [2.75, 3.05) is 7.11 Å². The Bertz CT molecular complexity index is 652. The van der Waals surface area contributed by atoms with Crippen LogP contribution in [0.3, 0.4) is 0 Å². The Hall–Kier alpha value is -1.85. The third-order valence-corrected chi connectivity index (χ3v) is 5.98. The van der Waals surface area contributed by atoms with E-state index >= 15 is 0 Å². The Labute approximate surface area is 142 Å². The Balaban J connectivity index is 1.61. The number of hydrogen-bond donors (Lipinski definition) is 1. The molecule has 2 aliphatic rings. The Morgan fingerprint density at radius 3 is 2.62 bits per heavy atom. The van der Waals surface area contributed by atoms with E-state index in [1.165, 1.54) is 7.11 Å². The molecule has 2 saturated carbocycles. The topological polar surface area (TPSA) is 73.2 Å². The summed E-state index contributed by atoms with van der Waals surface area (Å²) in [5.41, 5.74) is 3.23. The third-order valence-electron chi connectivity index (χ3n) is 5.98. The number of aromatic nitrogens is 2. The van der Waals surface area contributed by atoms with Gasteiger partial charge in [-0.3, -0.25) is 14.3 Å². The minimum absolute atomic E-state index is 0.0177. The molecule has 0 aliphatic heterocycles. The number of carbonyl (C=O) groups excluding carboxylic acids is 2. The van der Waals surface area contributed by atoms with Crippen molar-refractivity contribution in [3.63, 3.8) is 0 Å². The van der Waals surface area contributed by atoms with Crippen molar-refractivity contribution >= 4 is 11.9 Å². The van der Waals surface area contributed by atoms with Gasteiger partial charge >= 0.3 is 5.97 Å². The number of hydrogen-bond acceptors (Lipinski definition) is 4. The summed E-state index contributed by atoms with van der Waals surface area (Å²) in [7, 11) is 3.35. The maximum Gasteiger partial charge on any atom is 0.311 e. The molecule has 0 spiro atoms. The minimum Gasteiger partial charge on any atom is -0.469 e. The van der Waals surface area contributed by atoms with Gasteiger partial charge in [0.2, 0.25) is 5.91 Å². The van der Waals surface area contributed by atoms with Gasteiger partial charge in [0.1, 0.15) is 0 Å². The number of ether oxygens (including phenoxy) is 1. The van der Waals surface area contributed by atoms with Crippen molar-refractivity contribution < 1.29 is 14.3 Å². The van der Waals surface area contributed by atoms with Gasteiger partial charge in [0.25, 0.3) is 0 Å². The monoisotopic (exact) mass is 333 g/mol. The zero-order chi connectivity index (χ0) is 17.4. The van der Waals surface area contributed by atoms with E-state index < -0.39 is 0 Å². The van der Waals surface area contributed by atoms with Gasteiger partial charge < -0.3 is 10.1 Å². The van der Waals surface area contributed by atoms with Crippen LogP contribution in [-0.4, -0.2) is 34.8 Å². The Kier molecular flexibility index (Phi) is 4.65. The van der Waals surface area contributed by atoms with Gasteiger partial charge in [-0.1, -0.05) is 0 Å². The molecule has 0 saturated heterocycles. The van der Waals surface area contributed by atoms with Crippen molar-refractivity contribution in [2.45, 2.75) is 52.0 Å². The Morgan fingerprint density at radius 2 is 2.00 bits per heavy atom. The lowest BCUT2D eigenvalue weighted by atomic mass is 9.84. The van der Waals surface area contributed by atoms with E-state index in [1.54, 1.807) is 0 Å². The molecule has 1 amide bonds. The van der Waals surface area contributed by atoms with Gasteiger partial charge in [0.15, 0.2) is 0 Å². The number of fused-ring (bicyclic) bond motifs is 2. The number of methoxy groups -OCH3 is 1. The normalized spacial score (nSPS) is 28.2. The zero-order valence-electron chi connectivity index (χ0n) is 15.0. The fourth-order valence-corrected chi connectivity index (χ4v) is 4.65. The highest BCUT2D eigenvalue weighted by atomic mass is 16.5. The van der Waals surface area contributed by atoms with Crippen molar-refractivity contribution in [3.8, 4) is 0 Å². The number of nitrogens with zero attached hydrogens (tertiary/aromatic N) is 2. The first-order valence-corrected chi connectivity index (χ1v) is 8.78. The highest BCUT2D eigenvalue weighted by Gasteiger charge is 2.51. The van der Waals surface area contributed by atoms with E-state index in [1.807, 2.05) is 25.6 Å². The highest BCUT2D eigenvalue weighted by Crippen LogP contribution is 2.48. The molecule has 4 atom stereocenters. The van der Waals surface area contributed by atoms with Crippen LogP contribution in [0.2, 0.25) is 0 Å². The number of nitrogens with one attached hydrogen (secondary N) is 1. The maximum absolute atomic E-state index is 12.4. The number of rotatable bonds is 5. The summed E-state index contributed by atoms with van der Waals surface area (Å²) < 4.78 is 6.81. The summed E-state index contributed by atoms with van der Waals surface area (Å²) in [6.07, 6.45) is 4.32. The second-order valence-electron chi connectivity index (χ2n) is 7.25. The molecule has 0 aromatic carbocycles. The zero-order valence-corrected chi connectivity index (χ0v) is 15.0. The molecule has 0 unspecified atom stereocenters. The van der Waals surface area contributed by atoms with Crippen LogP contribution in [0.25, 0.3) is 0 Å². The second kappa shape index (κ2) is 6.57. The highest BCUT2D eigenvalue weighted by molar-refractivity contribution is 5.79. The molecule has 0 radical (unpaired) electrons. The molecule has 3 rings (SSSR count). The molecule has 6 nitrogen and oxygen atoms in total. The van der Waals surface area contributed by atoms with Crippen LogP contribution in [0.5, 0.6) is 0 Å². The summed E-state index contributed by atoms with van der Waals surface area (Å²) in [6, 6.07) is -0.0557. The quantitative estimate of drug-likeness (QED) is 0.832. The van der Waals surface area contributed by atoms with Crippen LogP contribution >= 0.6 is 0 Å². The van der Waals surface area contributed by atoms with Crippen LogP contribution < -0.4 is 5.32 Å². The maximum atomic E-state index is 12.4. The van der Waals surface area contributed by atoms with Gasteiger partial charge in [-0.2, -0.15) is 5.10 Å².